The number of benzene rings is 2. The van der Waals surface area contributed by atoms with Gasteiger partial charge >= 0.3 is 0 Å². The van der Waals surface area contributed by atoms with E-state index in [9.17, 15) is 4.79 Å². The van der Waals surface area contributed by atoms with Gasteiger partial charge in [-0.25, -0.2) is 9.97 Å². The van der Waals surface area contributed by atoms with Crippen LogP contribution in [0.25, 0.3) is 10.2 Å². The van der Waals surface area contributed by atoms with Crippen LogP contribution in [0.15, 0.2) is 55.1 Å². The van der Waals surface area contributed by atoms with Gasteiger partial charge in [0.1, 0.15) is 11.5 Å². The lowest BCUT2D eigenvalue weighted by molar-refractivity contribution is -0.120. The fourth-order valence-corrected chi connectivity index (χ4v) is 4.77. The van der Waals surface area contributed by atoms with Crippen molar-refractivity contribution in [2.24, 2.45) is 0 Å². The number of hydrogen-bond acceptors (Lipinski definition) is 6. The molecule has 0 aliphatic rings. The Morgan fingerprint density at radius 3 is 2.67 bits per heavy atom. The second kappa shape index (κ2) is 11.4. The molecule has 4 rings (SSSR count). The van der Waals surface area contributed by atoms with Crippen LogP contribution in [0.3, 0.4) is 0 Å². The first-order valence-corrected chi connectivity index (χ1v) is 11.3. The fraction of sp³-hybridized carbons (Fsp3) is 0.261. The number of methoxy groups -OCH3 is 1. The lowest BCUT2D eigenvalue weighted by Crippen LogP contribution is -2.36. The summed E-state index contributed by atoms with van der Waals surface area (Å²) in [6.45, 7) is 3.14. The number of thiazole rings is 1. The number of ether oxygens (including phenoxy) is 2. The summed E-state index contributed by atoms with van der Waals surface area (Å²) < 4.78 is 13.8. The number of aryl methyl sites for hydroxylation is 2. The maximum Gasteiger partial charge on any atom is 0.266 e. The molecule has 33 heavy (non-hydrogen) atoms. The van der Waals surface area contributed by atoms with Crippen molar-refractivity contribution < 1.29 is 14.3 Å². The normalized spacial score (nSPS) is 10.6. The Labute approximate surface area is 207 Å². The lowest BCUT2D eigenvalue weighted by atomic mass is 10.2. The largest absolute Gasteiger partial charge is 0.497 e. The van der Waals surface area contributed by atoms with E-state index in [4.69, 9.17) is 26.1 Å². The summed E-state index contributed by atoms with van der Waals surface area (Å²) in [5.74, 6) is 1.17. The number of amides is 1. The summed E-state index contributed by atoms with van der Waals surface area (Å²) in [7, 11) is 1.61. The molecular formula is C23H24Cl2N4O3S. The summed E-state index contributed by atoms with van der Waals surface area (Å²) in [4.78, 5) is 23.7. The van der Waals surface area contributed by atoms with Gasteiger partial charge in [0.2, 0.25) is 0 Å². The molecule has 2 aromatic carbocycles. The third-order valence-electron chi connectivity index (χ3n) is 4.95. The Hall–Kier alpha value is -2.81. The van der Waals surface area contributed by atoms with Crippen LogP contribution in [0.4, 0.5) is 5.13 Å². The number of carbonyl (C=O) groups is 1. The van der Waals surface area contributed by atoms with E-state index in [1.807, 2.05) is 29.8 Å². The van der Waals surface area contributed by atoms with E-state index in [1.54, 1.807) is 48.8 Å². The van der Waals surface area contributed by atoms with E-state index < -0.39 is 0 Å². The van der Waals surface area contributed by atoms with Gasteiger partial charge in [-0.1, -0.05) is 22.9 Å². The number of hydrogen-bond donors (Lipinski definition) is 0. The van der Waals surface area contributed by atoms with Gasteiger partial charge < -0.3 is 14.0 Å². The SMILES string of the molecule is COc1ccc(OCC(=O)N(CCCn2ccnc2)c2nc3c(C)cc(Cl)cc3s2)cc1.Cl. The first-order chi connectivity index (χ1) is 15.5. The molecule has 0 N–H and O–H groups in total. The molecule has 0 aliphatic carbocycles. The molecule has 0 radical (unpaired) electrons. The van der Waals surface area contributed by atoms with Crippen LogP contribution in [0.2, 0.25) is 5.02 Å². The fourth-order valence-electron chi connectivity index (χ4n) is 3.31. The van der Waals surface area contributed by atoms with Gasteiger partial charge in [0.05, 0.1) is 23.7 Å². The predicted molar refractivity (Wildman–Crippen MR) is 134 cm³/mol. The van der Waals surface area contributed by atoms with E-state index in [-0.39, 0.29) is 24.9 Å². The van der Waals surface area contributed by atoms with E-state index in [0.717, 1.165) is 34.5 Å². The summed E-state index contributed by atoms with van der Waals surface area (Å²) in [6.07, 6.45) is 6.16. The highest BCUT2D eigenvalue weighted by molar-refractivity contribution is 7.22. The number of halogens is 2. The number of rotatable bonds is 9. The Morgan fingerprint density at radius 2 is 1.97 bits per heavy atom. The monoisotopic (exact) mass is 506 g/mol. The molecule has 7 nitrogen and oxygen atoms in total. The van der Waals surface area contributed by atoms with E-state index >= 15 is 0 Å². The van der Waals surface area contributed by atoms with Crippen LogP contribution >= 0.6 is 35.3 Å². The third-order valence-corrected chi connectivity index (χ3v) is 6.19. The van der Waals surface area contributed by atoms with Gasteiger partial charge in [-0.3, -0.25) is 9.69 Å². The molecule has 0 fully saturated rings. The molecule has 0 bridgehead atoms. The molecule has 10 heteroatoms. The van der Waals surface area contributed by atoms with E-state index in [2.05, 4.69) is 4.98 Å². The van der Waals surface area contributed by atoms with Gasteiger partial charge in [0.15, 0.2) is 11.7 Å². The number of anilines is 1. The van der Waals surface area contributed by atoms with Gasteiger partial charge in [0, 0.05) is 30.5 Å². The van der Waals surface area contributed by atoms with Crippen LogP contribution in [0.1, 0.15) is 12.0 Å². The topological polar surface area (TPSA) is 69.5 Å². The molecule has 0 saturated carbocycles. The predicted octanol–water partition coefficient (Wildman–Crippen LogP) is 5.39. The second-order valence-electron chi connectivity index (χ2n) is 7.23. The van der Waals surface area contributed by atoms with Crippen molar-refractivity contribution in [3.63, 3.8) is 0 Å². The van der Waals surface area contributed by atoms with E-state index in [0.29, 0.717) is 22.4 Å². The number of imidazole rings is 1. The number of aromatic nitrogens is 3. The molecule has 4 aromatic rings. The van der Waals surface area contributed by atoms with Crippen LogP contribution in [0.5, 0.6) is 11.5 Å². The molecule has 1 amide bonds. The average molecular weight is 507 g/mol. The Morgan fingerprint density at radius 1 is 1.21 bits per heavy atom. The van der Waals surface area contributed by atoms with E-state index in [1.165, 1.54) is 11.3 Å². The average Bonchev–Trinajstić information content (AvgIpc) is 3.45. The first kappa shape index (κ1) is 24.8. The smallest absolute Gasteiger partial charge is 0.266 e. The highest BCUT2D eigenvalue weighted by Crippen LogP contribution is 2.33. The van der Waals surface area contributed by atoms with Crippen molar-refractivity contribution in [2.75, 3.05) is 25.2 Å². The Balaban J connectivity index is 0.00000306. The molecular weight excluding hydrogens is 483 g/mol. The third kappa shape index (κ3) is 6.16. The minimum atomic E-state index is -0.158. The summed E-state index contributed by atoms with van der Waals surface area (Å²) >= 11 is 7.67. The lowest BCUT2D eigenvalue weighted by Gasteiger charge is -2.20. The highest BCUT2D eigenvalue weighted by Gasteiger charge is 2.21. The zero-order valence-corrected chi connectivity index (χ0v) is 20.6. The molecule has 2 heterocycles. The highest BCUT2D eigenvalue weighted by atomic mass is 35.5. The maximum absolute atomic E-state index is 13.2. The zero-order chi connectivity index (χ0) is 22.5. The second-order valence-corrected chi connectivity index (χ2v) is 8.68. The molecule has 0 unspecified atom stereocenters. The minimum Gasteiger partial charge on any atom is -0.497 e. The standard InChI is InChI=1S/C23H23ClN4O3S.ClH/c1-16-12-17(24)13-20-22(16)26-23(32-20)28(10-3-9-27-11-8-25-15-27)21(29)14-31-19-6-4-18(30-2)5-7-19;/h4-8,11-13,15H,3,9-10,14H2,1-2H3;1H. The van der Waals surface area contributed by atoms with Crippen molar-refractivity contribution in [1.82, 2.24) is 14.5 Å². The summed E-state index contributed by atoms with van der Waals surface area (Å²) in [5.41, 5.74) is 1.84. The molecule has 0 spiro atoms. The van der Waals surface area contributed by atoms with Crippen LogP contribution in [-0.2, 0) is 11.3 Å². The van der Waals surface area contributed by atoms with Crippen molar-refractivity contribution in [3.8, 4) is 11.5 Å². The Kier molecular flexibility index (Phi) is 8.55. The van der Waals surface area contributed by atoms with Gasteiger partial charge in [-0.15, -0.1) is 12.4 Å². The quantitative estimate of drug-likeness (QED) is 0.304. The number of carbonyl (C=O) groups excluding carboxylic acids is 1. The van der Waals surface area contributed by atoms with Gasteiger partial charge in [-0.05, 0) is 55.3 Å². The molecule has 174 valence electrons. The zero-order valence-electron chi connectivity index (χ0n) is 18.2. The van der Waals surface area contributed by atoms with Crippen molar-refractivity contribution in [3.05, 3.63) is 65.7 Å². The molecule has 0 aliphatic heterocycles. The van der Waals surface area contributed by atoms with Gasteiger partial charge in [0.25, 0.3) is 5.91 Å². The van der Waals surface area contributed by atoms with Gasteiger partial charge in [-0.2, -0.15) is 0 Å². The summed E-state index contributed by atoms with van der Waals surface area (Å²) in [5, 5.41) is 1.30. The first-order valence-electron chi connectivity index (χ1n) is 10.1. The maximum atomic E-state index is 13.2. The van der Waals surface area contributed by atoms with Crippen LogP contribution in [-0.4, -0.2) is 40.7 Å². The molecule has 2 aromatic heterocycles. The van der Waals surface area contributed by atoms with Crippen LogP contribution in [0, 0.1) is 6.92 Å². The summed E-state index contributed by atoms with van der Waals surface area (Å²) in [6, 6.07) is 10.9. The number of fused-ring (bicyclic) bond motifs is 1. The van der Waals surface area contributed by atoms with Crippen molar-refractivity contribution in [2.45, 2.75) is 19.9 Å². The minimum absolute atomic E-state index is 0. The van der Waals surface area contributed by atoms with Crippen molar-refractivity contribution in [1.29, 1.82) is 0 Å². The van der Waals surface area contributed by atoms with Crippen LogP contribution < -0.4 is 14.4 Å². The molecule has 0 atom stereocenters. The number of nitrogens with zero attached hydrogens (tertiary/aromatic N) is 4. The molecule has 0 saturated heterocycles. The Bertz CT molecular complexity index is 1200. The van der Waals surface area contributed by atoms with Crippen molar-refractivity contribution >= 4 is 56.6 Å².